The van der Waals surface area contributed by atoms with E-state index >= 15 is 0 Å². The Bertz CT molecular complexity index is 2440. The number of carbonyl (C=O) groups excluding carboxylic acids is 4. The molecule has 19 heteroatoms. The van der Waals surface area contributed by atoms with Crippen LogP contribution in [0.4, 0.5) is 13.6 Å². The molecule has 106 heavy (non-hydrogen) atoms. The van der Waals surface area contributed by atoms with Crippen LogP contribution >= 0.6 is 0 Å². The first-order valence-corrected chi connectivity index (χ1v) is 40.5. The lowest BCUT2D eigenvalue weighted by Gasteiger charge is -2.37. The molecule has 1 aromatic rings. The van der Waals surface area contributed by atoms with Gasteiger partial charge in [-0.3, -0.25) is 24.3 Å². The number of carbonyl (C=O) groups is 4. The maximum Gasteiger partial charge on any atom is 0.410 e. The summed E-state index contributed by atoms with van der Waals surface area (Å²) in [6, 6.07) is 6.82. The predicted molar refractivity (Wildman–Crippen MR) is 443 cm³/mol. The lowest BCUT2D eigenvalue weighted by atomic mass is 9.77. The van der Waals surface area contributed by atoms with Crippen molar-refractivity contribution in [1.29, 1.82) is 0 Å². The Morgan fingerprint density at radius 3 is 1.56 bits per heavy atom. The Morgan fingerprint density at radius 2 is 1.17 bits per heavy atom. The van der Waals surface area contributed by atoms with E-state index in [2.05, 4.69) is 149 Å². The smallest absolute Gasteiger partial charge is 0.410 e. The van der Waals surface area contributed by atoms with Gasteiger partial charge in [0.25, 0.3) is 5.92 Å². The second kappa shape index (κ2) is 54.9. The first kappa shape index (κ1) is 107. The van der Waals surface area contributed by atoms with Crippen molar-refractivity contribution >= 4 is 23.8 Å². The van der Waals surface area contributed by atoms with Gasteiger partial charge in [0, 0.05) is 127 Å². The minimum atomic E-state index is -2.46. The molecular formula is C87H172F2N8O9. The van der Waals surface area contributed by atoms with Gasteiger partial charge in [-0.1, -0.05) is 160 Å². The second-order valence-corrected chi connectivity index (χ2v) is 34.0. The molecule has 9 aliphatic rings. The summed E-state index contributed by atoms with van der Waals surface area (Å²) >= 11 is 0. The summed E-state index contributed by atoms with van der Waals surface area (Å²) in [5.74, 6) is 3.75. The van der Waals surface area contributed by atoms with Crippen LogP contribution in [0.5, 0.6) is 0 Å². The molecule has 0 radical (unpaired) electrons. The number of alkyl halides is 2. The van der Waals surface area contributed by atoms with Crippen LogP contribution in [-0.2, 0) is 44.5 Å². The fourth-order valence-electron chi connectivity index (χ4n) is 15.6. The largest absolute Gasteiger partial charge is 0.444 e. The van der Waals surface area contributed by atoms with Gasteiger partial charge in [0.1, 0.15) is 11.8 Å². The predicted octanol–water partition coefficient (Wildman–Crippen LogP) is 19.7. The first-order valence-electron chi connectivity index (χ1n) is 40.5. The SMILES string of the molecule is C.C.C.C.CC(=O)N1CCCC1C(C)C.CC(=O)N1CCOCC1C(C)C.CC(C)C1CC(F)(F)CN1.CC(C)C1CCCN1C(=O)OC(C)(C)C.CC(C)C1CCCNC1=O.CC(C)C1CCCO1.CCN1CCCCC1C(C)C.COC1CCCN1C(C)C.COC1c2cccnc2CCC1C(C)C. The van der Waals surface area contributed by atoms with Crippen molar-refractivity contribution in [3.8, 4) is 0 Å². The molecular weight excluding hydrogens is 1340 g/mol. The third-order valence-electron chi connectivity index (χ3n) is 21.8. The molecule has 1 aromatic heterocycles. The molecule has 2 N–H and O–H groups in total. The Balaban J connectivity index is -0.00000113. The van der Waals surface area contributed by atoms with E-state index in [1.165, 1.54) is 95.1 Å². The molecule has 0 saturated carbocycles. The zero-order valence-electron chi connectivity index (χ0n) is 69.9. The normalized spacial score (nSPS) is 25.4. The van der Waals surface area contributed by atoms with Gasteiger partial charge in [-0.05, 0) is 197 Å². The van der Waals surface area contributed by atoms with E-state index in [0.29, 0.717) is 85.1 Å². The minimum absolute atomic E-state index is 0. The average Bonchev–Trinajstić information content (AvgIpc) is 1.43. The highest BCUT2D eigenvalue weighted by molar-refractivity contribution is 5.79. The summed E-state index contributed by atoms with van der Waals surface area (Å²) in [6.07, 6.45) is 21.3. The summed E-state index contributed by atoms with van der Waals surface area (Å²) in [5.41, 5.74) is 2.13. The first-order chi connectivity index (χ1) is 47.8. The van der Waals surface area contributed by atoms with Crippen molar-refractivity contribution in [3.05, 3.63) is 29.6 Å². The van der Waals surface area contributed by atoms with Gasteiger partial charge in [0.05, 0.1) is 38.0 Å². The Labute approximate surface area is 652 Å². The zero-order valence-corrected chi connectivity index (χ0v) is 69.9. The number of methoxy groups -OCH3 is 2. The number of rotatable bonds is 12. The molecule has 9 heterocycles. The number of likely N-dealkylation sites (tertiary alicyclic amines) is 4. The van der Waals surface area contributed by atoms with Crippen LogP contribution in [0.25, 0.3) is 0 Å². The van der Waals surface area contributed by atoms with E-state index in [1.54, 1.807) is 21.0 Å². The lowest BCUT2D eigenvalue weighted by molar-refractivity contribution is -0.139. The van der Waals surface area contributed by atoms with Gasteiger partial charge in [0.15, 0.2) is 0 Å². The molecule has 1 aliphatic carbocycles. The van der Waals surface area contributed by atoms with Gasteiger partial charge in [-0.25, -0.2) is 13.6 Å². The van der Waals surface area contributed by atoms with E-state index < -0.39 is 5.92 Å². The van der Waals surface area contributed by atoms with Crippen LogP contribution in [0, 0.1) is 59.2 Å². The molecule has 10 rings (SSSR count). The summed E-state index contributed by atoms with van der Waals surface area (Å²) in [5, 5.41) is 5.67. The Hall–Kier alpha value is -3.59. The summed E-state index contributed by atoms with van der Waals surface area (Å²) in [4.78, 5) is 60.5. The van der Waals surface area contributed by atoms with Gasteiger partial charge in [-0.2, -0.15) is 0 Å². The number of hydrogen-bond donors (Lipinski definition) is 2. The van der Waals surface area contributed by atoms with E-state index in [4.69, 9.17) is 23.7 Å². The highest BCUT2D eigenvalue weighted by Gasteiger charge is 2.41. The summed E-state index contributed by atoms with van der Waals surface area (Å²) < 4.78 is 52.1. The number of hydrogen-bond acceptors (Lipinski definition) is 13. The second-order valence-electron chi connectivity index (χ2n) is 34.0. The van der Waals surface area contributed by atoms with Gasteiger partial charge >= 0.3 is 6.09 Å². The van der Waals surface area contributed by atoms with E-state index in [1.807, 2.05) is 68.7 Å². The number of nitrogens with zero attached hydrogens (tertiary/aromatic N) is 6. The van der Waals surface area contributed by atoms with Gasteiger partial charge in [0.2, 0.25) is 17.7 Å². The molecule has 8 saturated heterocycles. The molecule has 10 atom stereocenters. The number of ether oxygens (including phenoxy) is 5. The highest BCUT2D eigenvalue weighted by atomic mass is 19.3. The third kappa shape index (κ3) is 38.6. The van der Waals surface area contributed by atoms with Crippen LogP contribution in [-0.4, -0.2) is 200 Å². The monoisotopic (exact) mass is 1510 g/mol. The Kier molecular flexibility index (Phi) is 55.2. The lowest BCUT2D eigenvalue weighted by Crippen LogP contribution is -2.50. The molecule has 8 aliphatic heterocycles. The van der Waals surface area contributed by atoms with Crippen molar-refractivity contribution in [1.82, 2.24) is 40.1 Å². The molecule has 0 bridgehead atoms. The summed E-state index contributed by atoms with van der Waals surface area (Å²) in [6.45, 7) is 59.9. The van der Waals surface area contributed by atoms with Crippen LogP contribution in [0.1, 0.15) is 310 Å². The number of piperidine rings is 2. The quantitative estimate of drug-likeness (QED) is 0.203. The molecule has 628 valence electrons. The van der Waals surface area contributed by atoms with Crippen molar-refractivity contribution < 1.29 is 51.6 Å². The highest BCUT2D eigenvalue weighted by Crippen LogP contribution is 2.40. The maximum absolute atomic E-state index is 12.5. The maximum atomic E-state index is 12.5. The molecule has 0 spiro atoms. The number of halogens is 2. The molecule has 4 amide bonds. The van der Waals surface area contributed by atoms with Crippen molar-refractivity contribution in [2.24, 2.45) is 59.2 Å². The van der Waals surface area contributed by atoms with E-state index in [9.17, 15) is 28.0 Å². The number of amides is 4. The molecule has 8 fully saturated rings. The van der Waals surface area contributed by atoms with Crippen LogP contribution in [0.2, 0.25) is 0 Å². The van der Waals surface area contributed by atoms with Crippen molar-refractivity contribution in [3.63, 3.8) is 0 Å². The van der Waals surface area contributed by atoms with Gasteiger partial charge in [-0.15, -0.1) is 0 Å². The topological polar surface area (TPSA) is 168 Å². The van der Waals surface area contributed by atoms with Crippen LogP contribution < -0.4 is 10.6 Å². The molecule has 17 nitrogen and oxygen atoms in total. The fraction of sp³-hybridized carbons (Fsp3) is 0.897. The van der Waals surface area contributed by atoms with E-state index in [0.717, 1.165) is 82.8 Å². The fourth-order valence-corrected chi connectivity index (χ4v) is 15.6. The number of nitrogens with one attached hydrogen (secondary N) is 2. The minimum Gasteiger partial charge on any atom is -0.444 e. The number of fused-ring (bicyclic) bond motifs is 1. The van der Waals surface area contributed by atoms with Crippen LogP contribution in [0.3, 0.4) is 0 Å². The molecule has 10 unspecified atom stereocenters. The van der Waals surface area contributed by atoms with Crippen LogP contribution in [0.15, 0.2) is 18.3 Å². The average molecular weight is 1510 g/mol. The number of aromatic nitrogens is 1. The van der Waals surface area contributed by atoms with E-state index in [-0.39, 0.29) is 96.2 Å². The van der Waals surface area contributed by atoms with Gasteiger partial charge < -0.3 is 53.9 Å². The standard InChI is InChI=1S/C13H19NO.C12H23NO2.C10H21N.C9H17NO2.C9H17NO.C8H17NO.C8H15NO.C7H13F2N.C7H14O.4CH4/c1-9(2)10-6-7-12-11(13(10)15-3)5-4-8-14-12;1-9(2)10-7-6-8-13(10)11(14)15-12(3,4)5;1-4-11-8-6-5-7-10(11)9(2)3;1-7(2)9-6-12-5-4-10(9)8(3)11;1-7(2)9-5-4-6-10(9)8(3)11;1-7(2)9-6-4-5-8(9)10-3;1-6(2)7-4-3-5-9-8(7)10;1-5(2)6-3-7(8,9)4-10-6;1-6(2)7-4-3-5-8-7;;;;/h4-5,8-10,13H,6-7H2,1-3H3;9-10H,6-8H2,1-5H3;9-10H,4-8H2,1-3H3;7,9H,4-6H2,1-3H3;7,9H,4-6H2,1-3H3;7-8H,4-6H2,1-3H3;6-7H,3-5H2,1-2H3,(H,9,10);5-6,10H,3-4H2,1-2H3;6-7H,3-5H2,1-2H3;4*1H4. The molecule has 0 aromatic carbocycles. The van der Waals surface area contributed by atoms with Crippen molar-refractivity contribution in [2.45, 2.75) is 365 Å². The van der Waals surface area contributed by atoms with Crippen molar-refractivity contribution in [2.75, 3.05) is 86.4 Å². The number of pyridine rings is 1. The zero-order chi connectivity index (χ0) is 77.2. The number of aryl methyl sites for hydroxylation is 1. The number of morpholine rings is 1. The summed E-state index contributed by atoms with van der Waals surface area (Å²) in [7, 11) is 3.60. The Morgan fingerprint density at radius 1 is 0.613 bits per heavy atom. The third-order valence-corrected chi connectivity index (χ3v) is 21.8.